The van der Waals surface area contributed by atoms with E-state index in [-0.39, 0.29) is 11.6 Å². The van der Waals surface area contributed by atoms with Gasteiger partial charge in [-0.15, -0.1) is 0 Å². The SMILES string of the molecule is CC(NC(N)=NCc1ccc(Cn2ccccc2=O)cc1)c1ccc(Cl)cc1Cl. The Bertz CT molecular complexity index is 1060. The molecule has 3 rings (SSSR count). The molecule has 1 unspecified atom stereocenters. The Morgan fingerprint density at radius 2 is 1.83 bits per heavy atom. The highest BCUT2D eigenvalue weighted by atomic mass is 35.5. The molecular weight excluding hydrogens is 407 g/mol. The van der Waals surface area contributed by atoms with Crippen molar-refractivity contribution in [3.8, 4) is 0 Å². The van der Waals surface area contributed by atoms with Crippen LogP contribution in [0.15, 0.2) is 76.6 Å². The summed E-state index contributed by atoms with van der Waals surface area (Å²) in [4.78, 5) is 16.2. The Balaban J connectivity index is 1.59. The second-order valence-corrected chi connectivity index (χ2v) is 7.56. The Labute approximate surface area is 179 Å². The third-order valence-electron chi connectivity index (χ3n) is 4.50. The molecule has 0 bridgehead atoms. The van der Waals surface area contributed by atoms with Crippen LogP contribution in [0.2, 0.25) is 10.0 Å². The molecule has 0 saturated heterocycles. The maximum Gasteiger partial charge on any atom is 0.250 e. The molecule has 29 heavy (non-hydrogen) atoms. The zero-order valence-corrected chi connectivity index (χ0v) is 17.5. The number of nitrogens with one attached hydrogen (secondary N) is 1. The van der Waals surface area contributed by atoms with Gasteiger partial charge < -0.3 is 15.6 Å². The van der Waals surface area contributed by atoms with E-state index in [2.05, 4.69) is 10.3 Å². The fraction of sp³-hybridized carbons (Fsp3) is 0.182. The van der Waals surface area contributed by atoms with E-state index in [0.29, 0.717) is 29.1 Å². The van der Waals surface area contributed by atoms with Gasteiger partial charge >= 0.3 is 0 Å². The van der Waals surface area contributed by atoms with Crippen LogP contribution < -0.4 is 16.6 Å². The van der Waals surface area contributed by atoms with Crippen LogP contribution in [0.4, 0.5) is 0 Å². The minimum atomic E-state index is -0.102. The summed E-state index contributed by atoms with van der Waals surface area (Å²) in [5.41, 5.74) is 8.97. The molecule has 5 nitrogen and oxygen atoms in total. The largest absolute Gasteiger partial charge is 0.370 e. The first-order chi connectivity index (χ1) is 13.9. The summed E-state index contributed by atoms with van der Waals surface area (Å²) in [5.74, 6) is 0.337. The van der Waals surface area contributed by atoms with Crippen LogP contribution in [0, 0.1) is 0 Å². The summed E-state index contributed by atoms with van der Waals surface area (Å²) in [6, 6.07) is 18.3. The van der Waals surface area contributed by atoms with E-state index >= 15 is 0 Å². The number of aromatic nitrogens is 1. The van der Waals surface area contributed by atoms with E-state index in [1.54, 1.807) is 35.0 Å². The van der Waals surface area contributed by atoms with Gasteiger partial charge in [-0.05, 0) is 41.8 Å². The third-order valence-corrected chi connectivity index (χ3v) is 5.06. The lowest BCUT2D eigenvalue weighted by Gasteiger charge is -2.16. The molecule has 0 aliphatic carbocycles. The van der Waals surface area contributed by atoms with Crippen LogP contribution in [0.5, 0.6) is 0 Å². The minimum absolute atomic E-state index is 0.0186. The lowest BCUT2D eigenvalue weighted by Crippen LogP contribution is -2.34. The van der Waals surface area contributed by atoms with Crippen molar-refractivity contribution in [3.05, 3.63) is 104 Å². The smallest absolute Gasteiger partial charge is 0.250 e. The lowest BCUT2D eigenvalue weighted by molar-refractivity contribution is 0.708. The molecule has 1 heterocycles. The van der Waals surface area contributed by atoms with Gasteiger partial charge in [0, 0.05) is 22.3 Å². The highest BCUT2D eigenvalue weighted by Gasteiger charge is 2.10. The van der Waals surface area contributed by atoms with Crippen molar-refractivity contribution in [1.82, 2.24) is 9.88 Å². The first-order valence-electron chi connectivity index (χ1n) is 9.17. The quantitative estimate of drug-likeness (QED) is 0.452. The van der Waals surface area contributed by atoms with Crippen molar-refractivity contribution < 1.29 is 0 Å². The summed E-state index contributed by atoms with van der Waals surface area (Å²) in [7, 11) is 0. The Morgan fingerprint density at radius 3 is 2.52 bits per heavy atom. The van der Waals surface area contributed by atoms with Crippen LogP contribution in [-0.2, 0) is 13.1 Å². The molecule has 2 aromatic carbocycles. The molecule has 0 aliphatic heterocycles. The van der Waals surface area contributed by atoms with E-state index in [1.807, 2.05) is 43.3 Å². The first-order valence-corrected chi connectivity index (χ1v) is 9.92. The van der Waals surface area contributed by atoms with Crippen LogP contribution >= 0.6 is 23.2 Å². The number of rotatable bonds is 6. The average Bonchev–Trinajstić information content (AvgIpc) is 2.69. The van der Waals surface area contributed by atoms with Gasteiger partial charge in [-0.25, -0.2) is 4.99 Å². The zero-order valence-electron chi connectivity index (χ0n) is 16.0. The van der Waals surface area contributed by atoms with Gasteiger partial charge in [-0.3, -0.25) is 4.79 Å². The molecule has 0 amide bonds. The van der Waals surface area contributed by atoms with Crippen molar-refractivity contribution in [1.29, 1.82) is 0 Å². The molecule has 0 spiro atoms. The molecule has 1 aromatic heterocycles. The molecule has 0 radical (unpaired) electrons. The molecule has 3 N–H and O–H groups in total. The van der Waals surface area contributed by atoms with Crippen molar-refractivity contribution in [2.45, 2.75) is 26.1 Å². The van der Waals surface area contributed by atoms with Crippen LogP contribution in [-0.4, -0.2) is 10.5 Å². The molecular formula is C22H22Cl2N4O. The summed E-state index contributed by atoms with van der Waals surface area (Å²) >= 11 is 12.2. The van der Waals surface area contributed by atoms with Gasteiger partial charge in [0.1, 0.15) is 0 Å². The number of hydrogen-bond acceptors (Lipinski definition) is 2. The van der Waals surface area contributed by atoms with Gasteiger partial charge in [-0.2, -0.15) is 0 Å². The van der Waals surface area contributed by atoms with Gasteiger partial charge in [0.2, 0.25) is 0 Å². The van der Waals surface area contributed by atoms with E-state index < -0.39 is 0 Å². The molecule has 0 aliphatic rings. The number of halogens is 2. The van der Waals surface area contributed by atoms with Crippen LogP contribution in [0.3, 0.4) is 0 Å². The number of pyridine rings is 1. The molecule has 3 aromatic rings. The van der Waals surface area contributed by atoms with Gasteiger partial charge in [0.15, 0.2) is 5.96 Å². The molecule has 7 heteroatoms. The number of benzene rings is 2. The third kappa shape index (κ3) is 5.86. The summed E-state index contributed by atoms with van der Waals surface area (Å²) in [5, 5.41) is 4.31. The van der Waals surface area contributed by atoms with Crippen molar-refractivity contribution >= 4 is 29.2 Å². The highest BCUT2D eigenvalue weighted by molar-refractivity contribution is 6.35. The molecule has 0 saturated carbocycles. The molecule has 150 valence electrons. The Kier molecular flexibility index (Phi) is 6.96. The predicted molar refractivity (Wildman–Crippen MR) is 120 cm³/mol. The summed E-state index contributed by atoms with van der Waals surface area (Å²) in [6.45, 7) is 2.94. The Hall–Kier alpha value is -2.76. The molecule has 0 fully saturated rings. The minimum Gasteiger partial charge on any atom is -0.370 e. The van der Waals surface area contributed by atoms with E-state index in [1.165, 1.54) is 0 Å². The monoisotopic (exact) mass is 428 g/mol. The second-order valence-electron chi connectivity index (χ2n) is 6.72. The highest BCUT2D eigenvalue weighted by Crippen LogP contribution is 2.25. The summed E-state index contributed by atoms with van der Waals surface area (Å²) in [6.07, 6.45) is 1.78. The van der Waals surface area contributed by atoms with Crippen molar-refractivity contribution in [2.75, 3.05) is 0 Å². The molecule has 1 atom stereocenters. The Morgan fingerprint density at radius 1 is 1.10 bits per heavy atom. The second kappa shape index (κ2) is 9.63. The average molecular weight is 429 g/mol. The number of aliphatic imine (C=N–C) groups is 1. The maximum atomic E-state index is 11.8. The predicted octanol–water partition coefficient (Wildman–Crippen LogP) is 4.37. The first kappa shape index (κ1) is 21.0. The van der Waals surface area contributed by atoms with Gasteiger partial charge in [0.05, 0.1) is 19.1 Å². The zero-order chi connectivity index (χ0) is 20.8. The van der Waals surface area contributed by atoms with Crippen LogP contribution in [0.25, 0.3) is 0 Å². The lowest BCUT2D eigenvalue weighted by atomic mass is 10.1. The van der Waals surface area contributed by atoms with Gasteiger partial charge in [-0.1, -0.05) is 59.6 Å². The van der Waals surface area contributed by atoms with Crippen molar-refractivity contribution in [3.63, 3.8) is 0 Å². The van der Waals surface area contributed by atoms with Crippen LogP contribution in [0.1, 0.15) is 29.7 Å². The van der Waals surface area contributed by atoms with E-state index in [9.17, 15) is 4.79 Å². The number of guanidine groups is 1. The summed E-state index contributed by atoms with van der Waals surface area (Å²) < 4.78 is 1.67. The number of nitrogens with zero attached hydrogens (tertiary/aromatic N) is 2. The fourth-order valence-electron chi connectivity index (χ4n) is 2.91. The topological polar surface area (TPSA) is 72.4 Å². The maximum absolute atomic E-state index is 11.8. The van der Waals surface area contributed by atoms with E-state index in [4.69, 9.17) is 28.9 Å². The number of hydrogen-bond donors (Lipinski definition) is 2. The normalized spacial score (nSPS) is 12.6. The number of nitrogens with two attached hydrogens (primary N) is 1. The fourth-order valence-corrected chi connectivity index (χ4v) is 3.48. The van der Waals surface area contributed by atoms with Gasteiger partial charge in [0.25, 0.3) is 5.56 Å². The van der Waals surface area contributed by atoms with Crippen molar-refractivity contribution in [2.24, 2.45) is 10.7 Å². The standard InChI is InChI=1S/C22H22Cl2N4O/c1-15(19-10-9-18(23)12-20(19)24)27-22(25)26-13-16-5-7-17(8-6-16)14-28-11-3-2-4-21(28)29/h2-12,15H,13-14H2,1H3,(H3,25,26,27). The van der Waals surface area contributed by atoms with E-state index in [0.717, 1.165) is 16.7 Å².